The lowest BCUT2D eigenvalue weighted by Crippen LogP contribution is -2.22. The molecule has 0 aliphatic carbocycles. The molecule has 0 aliphatic rings. The summed E-state index contributed by atoms with van der Waals surface area (Å²) in [6.07, 6.45) is -3.98. The molecular weight excluding hydrogens is 443 g/mol. The minimum Gasteiger partial charge on any atom is -0.465 e. The number of hydrogen-bond acceptors (Lipinski definition) is 4. The fourth-order valence-electron chi connectivity index (χ4n) is 2.72. The van der Waals surface area contributed by atoms with Crippen molar-refractivity contribution in [1.82, 2.24) is 5.32 Å². The number of aliphatic imine (C=N–C) groups is 1. The van der Waals surface area contributed by atoms with Gasteiger partial charge in [0.05, 0.1) is 23.0 Å². The third kappa shape index (κ3) is 6.01. The van der Waals surface area contributed by atoms with Gasteiger partial charge in [0, 0.05) is 11.1 Å². The van der Waals surface area contributed by atoms with E-state index in [4.69, 9.17) is 21.8 Å². The molecule has 2 aromatic carbocycles. The van der Waals surface area contributed by atoms with Crippen LogP contribution in [0.3, 0.4) is 0 Å². The Bertz CT molecular complexity index is 1170. The Morgan fingerprint density at radius 1 is 1.09 bits per heavy atom. The number of furan rings is 1. The van der Waals surface area contributed by atoms with Gasteiger partial charge >= 0.3 is 6.18 Å². The zero-order chi connectivity index (χ0) is 23.3. The van der Waals surface area contributed by atoms with Gasteiger partial charge in [0.1, 0.15) is 17.2 Å². The molecule has 0 radical (unpaired) electrons. The van der Waals surface area contributed by atoms with Crippen molar-refractivity contribution in [2.75, 3.05) is 0 Å². The Kier molecular flexibility index (Phi) is 7.05. The highest BCUT2D eigenvalue weighted by atomic mass is 35.5. The maximum absolute atomic E-state index is 13.0. The minimum absolute atomic E-state index is 0.0501. The van der Waals surface area contributed by atoms with Crippen LogP contribution in [0.2, 0.25) is 5.02 Å². The third-order valence-corrected chi connectivity index (χ3v) is 4.69. The molecule has 9 heteroatoms. The Labute approximate surface area is 187 Å². The van der Waals surface area contributed by atoms with Crippen molar-refractivity contribution in [3.63, 3.8) is 0 Å². The highest BCUT2D eigenvalue weighted by molar-refractivity contribution is 6.33. The van der Waals surface area contributed by atoms with E-state index in [9.17, 15) is 18.0 Å². The molecule has 166 valence electrons. The molecule has 0 atom stereocenters. The van der Waals surface area contributed by atoms with E-state index in [0.29, 0.717) is 16.9 Å². The first-order valence-corrected chi connectivity index (χ1v) is 9.83. The molecule has 0 fully saturated rings. The SMILES string of the molecule is Cc1ccc(CNC(=O)c2ccc(C(C=C(N)C(F)(F)F)=Nc3ccccc3Cl)cc2)o1. The molecule has 3 N–H and O–H groups in total. The number of nitrogens with two attached hydrogens (primary N) is 1. The number of nitrogens with zero attached hydrogens (tertiary/aromatic N) is 1. The second-order valence-corrected chi connectivity index (χ2v) is 7.23. The molecule has 0 aliphatic heterocycles. The van der Waals surface area contributed by atoms with Gasteiger partial charge in [-0.05, 0) is 49.4 Å². The number of amides is 1. The van der Waals surface area contributed by atoms with Gasteiger partial charge in [-0.25, -0.2) is 4.99 Å². The fourth-order valence-corrected chi connectivity index (χ4v) is 2.90. The first kappa shape index (κ1) is 23.1. The molecule has 0 saturated carbocycles. The van der Waals surface area contributed by atoms with Crippen molar-refractivity contribution >= 4 is 28.9 Å². The Balaban J connectivity index is 1.87. The van der Waals surface area contributed by atoms with Crippen LogP contribution in [0.15, 0.2) is 81.8 Å². The molecular formula is C23H19ClF3N3O2. The van der Waals surface area contributed by atoms with Gasteiger partial charge in [0.25, 0.3) is 5.91 Å². The summed E-state index contributed by atoms with van der Waals surface area (Å²) in [5, 5.41) is 2.99. The topological polar surface area (TPSA) is 80.6 Å². The van der Waals surface area contributed by atoms with E-state index < -0.39 is 11.9 Å². The van der Waals surface area contributed by atoms with E-state index in [2.05, 4.69) is 10.3 Å². The number of halogens is 4. The van der Waals surface area contributed by atoms with Crippen LogP contribution in [-0.2, 0) is 6.54 Å². The molecule has 0 spiro atoms. The summed E-state index contributed by atoms with van der Waals surface area (Å²) >= 11 is 6.09. The number of allylic oxidation sites excluding steroid dienone is 2. The molecule has 0 bridgehead atoms. The Hall–Kier alpha value is -3.52. The highest BCUT2D eigenvalue weighted by Crippen LogP contribution is 2.27. The summed E-state index contributed by atoms with van der Waals surface area (Å²) in [5.41, 5.74) is 4.78. The fraction of sp³-hybridized carbons (Fsp3) is 0.130. The second-order valence-electron chi connectivity index (χ2n) is 6.82. The number of hydrogen-bond donors (Lipinski definition) is 2. The summed E-state index contributed by atoms with van der Waals surface area (Å²) in [7, 11) is 0. The number of nitrogens with one attached hydrogen (secondary N) is 1. The molecule has 1 aromatic heterocycles. The van der Waals surface area contributed by atoms with Crippen LogP contribution in [0, 0.1) is 6.92 Å². The molecule has 32 heavy (non-hydrogen) atoms. The summed E-state index contributed by atoms with van der Waals surface area (Å²) < 4.78 is 44.4. The van der Waals surface area contributed by atoms with Crippen LogP contribution in [0.4, 0.5) is 18.9 Å². The number of benzene rings is 2. The van der Waals surface area contributed by atoms with Crippen molar-refractivity contribution in [3.8, 4) is 0 Å². The van der Waals surface area contributed by atoms with E-state index in [1.54, 1.807) is 43.3 Å². The van der Waals surface area contributed by atoms with Gasteiger partial charge in [0.15, 0.2) is 0 Å². The third-order valence-electron chi connectivity index (χ3n) is 4.37. The van der Waals surface area contributed by atoms with Crippen LogP contribution in [0.5, 0.6) is 0 Å². The molecule has 0 unspecified atom stereocenters. The highest BCUT2D eigenvalue weighted by Gasteiger charge is 2.31. The van der Waals surface area contributed by atoms with E-state index in [1.165, 1.54) is 24.3 Å². The predicted octanol–water partition coefficient (Wildman–Crippen LogP) is 5.70. The Morgan fingerprint density at radius 3 is 2.34 bits per heavy atom. The van der Waals surface area contributed by atoms with E-state index in [-0.39, 0.29) is 28.9 Å². The van der Waals surface area contributed by atoms with Gasteiger partial charge in [-0.15, -0.1) is 0 Å². The van der Waals surface area contributed by atoms with E-state index in [0.717, 1.165) is 11.8 Å². The number of carbonyl (C=O) groups excluding carboxylic acids is 1. The average Bonchev–Trinajstić information content (AvgIpc) is 3.17. The van der Waals surface area contributed by atoms with Crippen LogP contribution in [0.1, 0.15) is 27.4 Å². The standard InChI is InChI=1S/C23H19ClF3N3O2/c1-14-6-11-17(32-14)13-29-22(31)16-9-7-15(8-10-16)20(12-21(28)23(25,26)27)30-19-5-3-2-4-18(19)24/h2-12H,13,28H2,1H3,(H,29,31). The second kappa shape index (κ2) is 9.74. The normalized spacial score (nSPS) is 12.7. The molecule has 5 nitrogen and oxygen atoms in total. The largest absolute Gasteiger partial charge is 0.465 e. The maximum Gasteiger partial charge on any atom is 0.430 e. The zero-order valence-corrected chi connectivity index (χ0v) is 17.7. The van der Waals surface area contributed by atoms with Gasteiger partial charge in [-0.2, -0.15) is 13.2 Å². The lowest BCUT2D eigenvalue weighted by Gasteiger charge is -2.10. The van der Waals surface area contributed by atoms with Crippen molar-refractivity contribution in [2.24, 2.45) is 10.7 Å². The lowest BCUT2D eigenvalue weighted by atomic mass is 10.1. The van der Waals surface area contributed by atoms with Crippen molar-refractivity contribution in [3.05, 3.63) is 100 Å². The van der Waals surface area contributed by atoms with E-state index >= 15 is 0 Å². The molecule has 3 aromatic rings. The van der Waals surface area contributed by atoms with Crippen molar-refractivity contribution < 1.29 is 22.4 Å². The molecule has 1 amide bonds. The first-order chi connectivity index (χ1) is 15.1. The van der Waals surface area contributed by atoms with Crippen molar-refractivity contribution in [1.29, 1.82) is 0 Å². The maximum atomic E-state index is 13.0. The summed E-state index contributed by atoms with van der Waals surface area (Å²) in [6, 6.07) is 16.0. The number of para-hydroxylation sites is 1. The van der Waals surface area contributed by atoms with Crippen LogP contribution in [-0.4, -0.2) is 17.8 Å². The minimum atomic E-state index is -4.72. The number of aryl methyl sites for hydroxylation is 1. The molecule has 1 heterocycles. The lowest BCUT2D eigenvalue weighted by molar-refractivity contribution is -0.0925. The monoisotopic (exact) mass is 461 g/mol. The summed E-state index contributed by atoms with van der Waals surface area (Å²) in [5.74, 6) is 0.977. The van der Waals surface area contributed by atoms with Crippen molar-refractivity contribution in [2.45, 2.75) is 19.6 Å². The summed E-state index contributed by atoms with van der Waals surface area (Å²) in [4.78, 5) is 16.6. The van der Waals surface area contributed by atoms with Gasteiger partial charge in [-0.3, -0.25) is 4.79 Å². The number of rotatable bonds is 6. The number of carbonyl (C=O) groups is 1. The van der Waals surface area contributed by atoms with Crippen LogP contribution < -0.4 is 11.1 Å². The number of alkyl halides is 3. The van der Waals surface area contributed by atoms with Gasteiger partial charge in [-0.1, -0.05) is 35.9 Å². The average molecular weight is 462 g/mol. The first-order valence-electron chi connectivity index (χ1n) is 9.45. The Morgan fingerprint density at radius 2 is 1.75 bits per heavy atom. The van der Waals surface area contributed by atoms with Crippen LogP contribution in [0.25, 0.3) is 0 Å². The van der Waals surface area contributed by atoms with E-state index in [1.807, 2.05) is 0 Å². The zero-order valence-electron chi connectivity index (χ0n) is 16.9. The summed E-state index contributed by atoms with van der Waals surface area (Å²) in [6.45, 7) is 2.00. The van der Waals surface area contributed by atoms with Gasteiger partial charge in [0.2, 0.25) is 0 Å². The molecule has 0 saturated heterocycles. The predicted molar refractivity (Wildman–Crippen MR) is 117 cm³/mol. The smallest absolute Gasteiger partial charge is 0.430 e. The molecule has 3 rings (SSSR count). The van der Waals surface area contributed by atoms with Gasteiger partial charge < -0.3 is 15.5 Å². The van der Waals surface area contributed by atoms with Crippen LogP contribution >= 0.6 is 11.6 Å². The quantitative estimate of drug-likeness (QED) is 0.462.